The number of hydrogen-bond acceptors (Lipinski definition) is 3. The topological polar surface area (TPSA) is 43.4 Å². The molecule has 0 fully saturated rings. The Morgan fingerprint density at radius 3 is 2.24 bits per heavy atom. The number of halogens is 1. The van der Waals surface area contributed by atoms with Crippen molar-refractivity contribution in [2.24, 2.45) is 0 Å². The van der Waals surface area contributed by atoms with E-state index < -0.39 is 9.05 Å². The molecule has 21 heavy (non-hydrogen) atoms. The Morgan fingerprint density at radius 2 is 1.62 bits per heavy atom. The maximum atomic E-state index is 11.4. The Hall–Kier alpha value is -0.740. The predicted octanol–water partition coefficient (Wildman–Crippen LogP) is 4.97. The lowest BCUT2D eigenvalue weighted by atomic mass is 10.1. The Morgan fingerprint density at radius 1 is 1.00 bits per heavy atom. The fourth-order valence-corrected chi connectivity index (χ4v) is 3.51. The highest BCUT2D eigenvalue weighted by Gasteiger charge is 2.16. The van der Waals surface area contributed by atoms with Crippen molar-refractivity contribution >= 4 is 19.7 Å². The van der Waals surface area contributed by atoms with Crippen molar-refractivity contribution in [1.29, 1.82) is 0 Å². The molecule has 0 saturated carbocycles. The summed E-state index contributed by atoms with van der Waals surface area (Å²) in [6.07, 6.45) is 7.29. The van der Waals surface area contributed by atoms with Gasteiger partial charge in [-0.15, -0.1) is 0 Å². The van der Waals surface area contributed by atoms with Gasteiger partial charge in [0.05, 0.1) is 11.5 Å². The molecule has 1 rings (SSSR count). The summed E-state index contributed by atoms with van der Waals surface area (Å²) in [4.78, 5) is 0.161. The average Bonchev–Trinajstić information content (AvgIpc) is 2.41. The molecule has 1 aromatic carbocycles. The van der Waals surface area contributed by atoms with Gasteiger partial charge in [-0.2, -0.15) is 0 Å². The minimum atomic E-state index is -3.69. The molecule has 0 aliphatic heterocycles. The first-order valence-electron chi connectivity index (χ1n) is 7.55. The van der Waals surface area contributed by atoms with Gasteiger partial charge < -0.3 is 4.74 Å². The second kappa shape index (κ2) is 8.64. The van der Waals surface area contributed by atoms with Gasteiger partial charge in [-0.05, 0) is 43.5 Å². The van der Waals surface area contributed by atoms with Gasteiger partial charge >= 0.3 is 0 Å². The summed E-state index contributed by atoms with van der Waals surface area (Å²) in [7, 11) is 1.71. The van der Waals surface area contributed by atoms with E-state index in [0.717, 1.165) is 17.7 Å². The second-order valence-electron chi connectivity index (χ2n) is 5.37. The van der Waals surface area contributed by atoms with E-state index in [9.17, 15) is 8.42 Å². The minimum absolute atomic E-state index is 0.161. The number of rotatable bonds is 9. The van der Waals surface area contributed by atoms with Gasteiger partial charge in [0.25, 0.3) is 9.05 Å². The Kier molecular flexibility index (Phi) is 7.53. The van der Waals surface area contributed by atoms with E-state index in [0.29, 0.717) is 12.2 Å². The van der Waals surface area contributed by atoms with Crippen LogP contribution in [0.1, 0.15) is 56.6 Å². The van der Waals surface area contributed by atoms with Crippen molar-refractivity contribution < 1.29 is 13.2 Å². The van der Waals surface area contributed by atoms with Crippen molar-refractivity contribution in [2.45, 2.75) is 64.2 Å². The molecule has 0 heterocycles. The fourth-order valence-electron chi connectivity index (χ4n) is 2.26. The van der Waals surface area contributed by atoms with Gasteiger partial charge in [0.15, 0.2) is 0 Å². The number of ether oxygens (including phenoxy) is 1. The molecule has 0 aliphatic rings. The molecule has 120 valence electrons. The third-order valence-electron chi connectivity index (χ3n) is 3.71. The Labute approximate surface area is 133 Å². The lowest BCUT2D eigenvalue weighted by molar-refractivity contribution is 0.302. The van der Waals surface area contributed by atoms with Crippen LogP contribution in [0.3, 0.4) is 0 Å². The predicted molar refractivity (Wildman–Crippen MR) is 87.8 cm³/mol. The normalized spacial score (nSPS) is 11.6. The highest BCUT2D eigenvalue weighted by atomic mass is 35.7. The van der Waals surface area contributed by atoms with Crippen LogP contribution in [0.2, 0.25) is 0 Å². The molecule has 0 N–H and O–H groups in total. The van der Waals surface area contributed by atoms with Crippen LogP contribution >= 0.6 is 10.7 Å². The molecular formula is C16H25ClO3S. The maximum Gasteiger partial charge on any atom is 0.261 e. The van der Waals surface area contributed by atoms with E-state index >= 15 is 0 Å². The third kappa shape index (κ3) is 5.87. The lowest BCUT2D eigenvalue weighted by Gasteiger charge is -2.13. The zero-order chi connectivity index (χ0) is 15.9. The molecule has 3 nitrogen and oxygen atoms in total. The molecule has 0 aromatic heterocycles. The van der Waals surface area contributed by atoms with Gasteiger partial charge in [-0.1, -0.05) is 39.0 Å². The van der Waals surface area contributed by atoms with Crippen molar-refractivity contribution in [1.82, 2.24) is 0 Å². The molecule has 0 atom stereocenters. The molecule has 0 unspecified atom stereocenters. The number of benzene rings is 1. The fraction of sp³-hybridized carbons (Fsp3) is 0.625. The van der Waals surface area contributed by atoms with Crippen LogP contribution in [-0.2, 0) is 9.05 Å². The van der Waals surface area contributed by atoms with Gasteiger partial charge in [0.1, 0.15) is 5.75 Å². The molecule has 0 spiro atoms. The monoisotopic (exact) mass is 332 g/mol. The Balaban J connectivity index is 2.52. The highest BCUT2D eigenvalue weighted by molar-refractivity contribution is 8.13. The minimum Gasteiger partial charge on any atom is -0.493 e. The molecule has 0 radical (unpaired) electrons. The van der Waals surface area contributed by atoms with Crippen LogP contribution in [0.5, 0.6) is 5.75 Å². The van der Waals surface area contributed by atoms with Gasteiger partial charge in [0.2, 0.25) is 0 Å². The van der Waals surface area contributed by atoms with E-state index in [1.54, 1.807) is 13.0 Å². The van der Waals surface area contributed by atoms with Crippen LogP contribution < -0.4 is 4.74 Å². The van der Waals surface area contributed by atoms with Crippen LogP contribution in [0.25, 0.3) is 0 Å². The smallest absolute Gasteiger partial charge is 0.261 e. The zero-order valence-electron chi connectivity index (χ0n) is 13.1. The van der Waals surface area contributed by atoms with E-state index in [1.807, 2.05) is 6.92 Å². The largest absolute Gasteiger partial charge is 0.493 e. The summed E-state index contributed by atoms with van der Waals surface area (Å²) >= 11 is 0. The van der Waals surface area contributed by atoms with Crippen LogP contribution in [0.4, 0.5) is 0 Å². The zero-order valence-corrected chi connectivity index (χ0v) is 14.7. The second-order valence-corrected chi connectivity index (χ2v) is 7.90. The van der Waals surface area contributed by atoms with Gasteiger partial charge in [0, 0.05) is 10.7 Å². The van der Waals surface area contributed by atoms with Gasteiger partial charge in [-0.3, -0.25) is 0 Å². The van der Waals surface area contributed by atoms with Crippen molar-refractivity contribution in [3.05, 3.63) is 23.3 Å². The molecule has 0 aliphatic carbocycles. The lowest BCUT2D eigenvalue weighted by Crippen LogP contribution is -2.03. The van der Waals surface area contributed by atoms with E-state index in [-0.39, 0.29) is 4.90 Å². The number of unbranched alkanes of at least 4 members (excludes halogenated alkanes) is 5. The van der Waals surface area contributed by atoms with E-state index in [2.05, 4.69) is 6.92 Å². The average molecular weight is 333 g/mol. The maximum absolute atomic E-state index is 11.4. The molecule has 0 saturated heterocycles. The number of hydrogen-bond donors (Lipinski definition) is 0. The van der Waals surface area contributed by atoms with Crippen LogP contribution in [0, 0.1) is 13.8 Å². The first kappa shape index (κ1) is 18.3. The molecule has 0 bridgehead atoms. The molecule has 0 amide bonds. The summed E-state index contributed by atoms with van der Waals surface area (Å²) < 4.78 is 28.6. The summed E-state index contributed by atoms with van der Waals surface area (Å²) in [5, 5.41) is 0. The Bertz CT molecular complexity index is 553. The molecule has 5 heteroatoms. The molecular weight excluding hydrogens is 308 g/mol. The van der Waals surface area contributed by atoms with Gasteiger partial charge in [-0.25, -0.2) is 8.42 Å². The SMILES string of the molecule is CCCCCCCCOc1ccc(S(=O)(=O)Cl)c(C)c1C. The standard InChI is InChI=1S/C16H25ClO3S/c1-4-5-6-7-8-9-12-20-15-10-11-16(21(17,18)19)14(3)13(15)2/h10-11H,4-9,12H2,1-3H3. The third-order valence-corrected chi connectivity index (χ3v) is 5.17. The summed E-state index contributed by atoms with van der Waals surface area (Å²) in [5.41, 5.74) is 1.49. The van der Waals surface area contributed by atoms with E-state index in [4.69, 9.17) is 15.4 Å². The van der Waals surface area contributed by atoms with E-state index in [1.165, 1.54) is 38.2 Å². The highest BCUT2D eigenvalue weighted by Crippen LogP contribution is 2.29. The van der Waals surface area contributed by atoms with Crippen molar-refractivity contribution in [3.8, 4) is 5.75 Å². The van der Waals surface area contributed by atoms with Crippen molar-refractivity contribution in [3.63, 3.8) is 0 Å². The summed E-state index contributed by atoms with van der Waals surface area (Å²) in [5.74, 6) is 0.741. The van der Waals surface area contributed by atoms with Crippen LogP contribution in [0.15, 0.2) is 17.0 Å². The summed E-state index contributed by atoms with van der Waals surface area (Å²) in [6, 6.07) is 3.20. The van der Waals surface area contributed by atoms with Crippen molar-refractivity contribution in [2.75, 3.05) is 6.61 Å². The summed E-state index contributed by atoms with van der Waals surface area (Å²) in [6.45, 7) is 6.48. The first-order chi connectivity index (χ1) is 9.88. The van der Waals surface area contributed by atoms with Crippen LogP contribution in [-0.4, -0.2) is 15.0 Å². The quantitative estimate of drug-likeness (QED) is 0.473. The molecule has 1 aromatic rings. The first-order valence-corrected chi connectivity index (χ1v) is 9.86.